The Morgan fingerprint density at radius 2 is 0.725 bits per heavy atom. The second kappa shape index (κ2) is 33.6. The van der Waals surface area contributed by atoms with Gasteiger partial charge in [-0.1, -0.05) is 140 Å². The summed E-state index contributed by atoms with van der Waals surface area (Å²) >= 11 is 0. The lowest BCUT2D eigenvalue weighted by molar-refractivity contribution is -0.129. The second-order valence-corrected chi connectivity index (χ2v) is 11.7. The molecule has 0 aliphatic heterocycles. The number of allylic oxidation sites excluding steroid dienone is 8. The molecule has 0 aromatic heterocycles. The maximum atomic E-state index is 12.0. The maximum absolute atomic E-state index is 12.0. The lowest BCUT2D eigenvalue weighted by atomic mass is 10.1. The van der Waals surface area contributed by atoms with E-state index in [-0.39, 0.29) is 5.91 Å². The third-order valence-electron chi connectivity index (χ3n) is 7.70. The van der Waals surface area contributed by atoms with E-state index in [9.17, 15) is 4.79 Å². The topological polar surface area (TPSA) is 20.3 Å². The first-order valence-electron chi connectivity index (χ1n) is 17.6. The summed E-state index contributed by atoms with van der Waals surface area (Å²) in [5, 5.41) is 0. The Morgan fingerprint density at radius 3 is 1.05 bits per heavy atom. The molecule has 0 radical (unpaired) electrons. The smallest absolute Gasteiger partial charge is 0.219 e. The van der Waals surface area contributed by atoms with Crippen LogP contribution in [-0.2, 0) is 4.79 Å². The summed E-state index contributed by atoms with van der Waals surface area (Å²) in [6, 6.07) is 0. The van der Waals surface area contributed by atoms with Crippen molar-refractivity contribution in [2.45, 2.75) is 175 Å². The van der Waals surface area contributed by atoms with E-state index < -0.39 is 0 Å². The molecule has 0 rings (SSSR count). The highest BCUT2D eigenvalue weighted by Crippen LogP contribution is 2.11. The zero-order valence-electron chi connectivity index (χ0n) is 27.4. The molecule has 0 heterocycles. The molecule has 0 unspecified atom stereocenters. The van der Waals surface area contributed by atoms with Crippen LogP contribution in [0.4, 0.5) is 0 Å². The number of unbranched alkanes of at least 4 members (excludes halogenated alkanes) is 18. The van der Waals surface area contributed by atoms with E-state index in [1.807, 2.05) is 0 Å². The first kappa shape index (κ1) is 38.4. The van der Waals surface area contributed by atoms with Gasteiger partial charge in [-0.15, -0.1) is 0 Å². The molecule has 0 spiro atoms. The number of hydrogen-bond donors (Lipinski definition) is 0. The summed E-state index contributed by atoms with van der Waals surface area (Å²) in [5.41, 5.74) is 0. The fourth-order valence-corrected chi connectivity index (χ4v) is 5.01. The zero-order valence-corrected chi connectivity index (χ0v) is 27.4. The Kier molecular flexibility index (Phi) is 32.3. The minimum Gasteiger partial charge on any atom is -0.343 e. The van der Waals surface area contributed by atoms with Crippen LogP contribution in [0.5, 0.6) is 0 Å². The minimum atomic E-state index is 0.255. The Bertz CT molecular complexity index is 581. The quantitative estimate of drug-likeness (QED) is 0.0637. The number of hydrogen-bond acceptors (Lipinski definition) is 1. The van der Waals surface area contributed by atoms with Gasteiger partial charge in [0.1, 0.15) is 0 Å². The molecule has 0 aromatic carbocycles. The van der Waals surface area contributed by atoms with E-state index in [4.69, 9.17) is 0 Å². The van der Waals surface area contributed by atoms with E-state index in [0.717, 1.165) is 38.8 Å². The molecule has 0 aromatic rings. The molecule has 0 aliphatic carbocycles. The van der Waals surface area contributed by atoms with Gasteiger partial charge >= 0.3 is 0 Å². The first-order valence-corrected chi connectivity index (χ1v) is 17.6. The summed E-state index contributed by atoms with van der Waals surface area (Å²) in [4.78, 5) is 14.1. The summed E-state index contributed by atoms with van der Waals surface area (Å²) < 4.78 is 0. The van der Waals surface area contributed by atoms with Gasteiger partial charge in [0.25, 0.3) is 0 Å². The van der Waals surface area contributed by atoms with Crippen LogP contribution in [0.3, 0.4) is 0 Å². The van der Waals surface area contributed by atoms with Gasteiger partial charge in [0.2, 0.25) is 5.91 Å². The Morgan fingerprint density at radius 1 is 0.425 bits per heavy atom. The SMILES string of the molecule is CCCCC/C=C\C/C=C\CCCCCCCCN(CCCCCCCC/C=C\C/C=C\CCCCC)C(C)=O. The van der Waals surface area contributed by atoms with E-state index in [2.05, 4.69) is 67.4 Å². The number of carbonyl (C=O) groups excluding carboxylic acids is 1. The van der Waals surface area contributed by atoms with Gasteiger partial charge in [0, 0.05) is 20.0 Å². The fraction of sp³-hybridized carbons (Fsp3) is 0.763. The van der Waals surface area contributed by atoms with Crippen LogP contribution in [0.25, 0.3) is 0 Å². The second-order valence-electron chi connectivity index (χ2n) is 11.7. The lowest BCUT2D eigenvalue weighted by Crippen LogP contribution is -2.30. The number of nitrogens with zero attached hydrogens (tertiary/aromatic N) is 1. The summed E-state index contributed by atoms with van der Waals surface area (Å²) in [5.74, 6) is 0.255. The predicted molar refractivity (Wildman–Crippen MR) is 181 cm³/mol. The third-order valence-corrected chi connectivity index (χ3v) is 7.70. The van der Waals surface area contributed by atoms with Gasteiger partial charge in [0.05, 0.1) is 0 Å². The summed E-state index contributed by atoms with van der Waals surface area (Å²) in [6.45, 7) is 8.16. The molecule has 0 N–H and O–H groups in total. The lowest BCUT2D eigenvalue weighted by Gasteiger charge is -2.21. The average Bonchev–Trinajstić information content (AvgIpc) is 2.95. The third kappa shape index (κ3) is 31.0. The number of carbonyl (C=O) groups is 1. The molecule has 0 aliphatic rings. The molecule has 2 heteroatoms. The van der Waals surface area contributed by atoms with Crippen LogP contribution in [-0.4, -0.2) is 23.9 Å². The van der Waals surface area contributed by atoms with Crippen LogP contribution >= 0.6 is 0 Å². The molecule has 0 bridgehead atoms. The van der Waals surface area contributed by atoms with Gasteiger partial charge in [-0.2, -0.15) is 0 Å². The molecule has 1 amide bonds. The largest absolute Gasteiger partial charge is 0.343 e. The van der Waals surface area contributed by atoms with E-state index in [1.54, 1.807) is 6.92 Å². The molecule has 0 saturated heterocycles. The number of amides is 1. The van der Waals surface area contributed by atoms with Crippen molar-refractivity contribution in [3.05, 3.63) is 48.6 Å². The molecule has 0 fully saturated rings. The molecular weight excluding hydrogens is 486 g/mol. The molecule has 2 nitrogen and oxygen atoms in total. The summed E-state index contributed by atoms with van der Waals surface area (Å²) in [7, 11) is 0. The van der Waals surface area contributed by atoms with Crippen molar-refractivity contribution in [2.24, 2.45) is 0 Å². The van der Waals surface area contributed by atoms with Crippen molar-refractivity contribution in [3.8, 4) is 0 Å². The molecule has 232 valence electrons. The molecular formula is C38H69NO. The fourth-order valence-electron chi connectivity index (χ4n) is 5.01. The molecule has 0 atom stereocenters. The van der Waals surface area contributed by atoms with Crippen molar-refractivity contribution in [2.75, 3.05) is 13.1 Å². The predicted octanol–water partition coefficient (Wildman–Crippen LogP) is 12.5. The van der Waals surface area contributed by atoms with Gasteiger partial charge in [-0.3, -0.25) is 4.79 Å². The van der Waals surface area contributed by atoms with Crippen LogP contribution < -0.4 is 0 Å². The van der Waals surface area contributed by atoms with Gasteiger partial charge in [-0.25, -0.2) is 0 Å². The van der Waals surface area contributed by atoms with Crippen LogP contribution in [0.2, 0.25) is 0 Å². The standard InChI is InChI=1S/C38H69NO/c1-4-6-8-10-12-14-16-18-20-22-24-26-28-30-32-34-36-39(38(3)40)37-35-33-31-29-27-25-23-21-19-17-15-13-11-9-7-5-2/h12-15,18-21H,4-11,16-17,22-37H2,1-3H3/b14-12-,15-13-,20-18-,21-19-. The van der Waals surface area contributed by atoms with Gasteiger partial charge < -0.3 is 4.90 Å². The monoisotopic (exact) mass is 556 g/mol. The van der Waals surface area contributed by atoms with Crippen LogP contribution in [0, 0.1) is 0 Å². The zero-order chi connectivity index (χ0) is 29.2. The summed E-state index contributed by atoms with van der Waals surface area (Å²) in [6.07, 6.45) is 49.1. The van der Waals surface area contributed by atoms with Gasteiger partial charge in [-0.05, 0) is 77.0 Å². The van der Waals surface area contributed by atoms with Crippen LogP contribution in [0.15, 0.2) is 48.6 Å². The van der Waals surface area contributed by atoms with Crippen molar-refractivity contribution >= 4 is 5.91 Å². The highest BCUT2D eigenvalue weighted by molar-refractivity contribution is 5.73. The first-order chi connectivity index (χ1) is 19.7. The minimum absolute atomic E-state index is 0.255. The highest BCUT2D eigenvalue weighted by Gasteiger charge is 2.07. The van der Waals surface area contributed by atoms with E-state index in [1.165, 1.54) is 128 Å². The van der Waals surface area contributed by atoms with Crippen molar-refractivity contribution in [3.63, 3.8) is 0 Å². The normalized spacial score (nSPS) is 12.2. The van der Waals surface area contributed by atoms with Crippen molar-refractivity contribution < 1.29 is 4.79 Å². The Labute approximate surface area is 251 Å². The van der Waals surface area contributed by atoms with Crippen molar-refractivity contribution in [1.29, 1.82) is 0 Å². The van der Waals surface area contributed by atoms with Crippen molar-refractivity contribution in [1.82, 2.24) is 4.90 Å². The average molecular weight is 556 g/mol. The highest BCUT2D eigenvalue weighted by atomic mass is 16.2. The van der Waals surface area contributed by atoms with E-state index >= 15 is 0 Å². The Balaban J connectivity index is 3.53. The van der Waals surface area contributed by atoms with Gasteiger partial charge in [0.15, 0.2) is 0 Å². The van der Waals surface area contributed by atoms with Crippen LogP contribution in [0.1, 0.15) is 175 Å². The molecule has 0 saturated carbocycles. The number of rotatable bonds is 30. The Hall–Kier alpha value is -1.57. The molecule has 40 heavy (non-hydrogen) atoms. The van der Waals surface area contributed by atoms with E-state index in [0.29, 0.717) is 0 Å². The maximum Gasteiger partial charge on any atom is 0.219 e.